The van der Waals surface area contributed by atoms with E-state index in [0.717, 1.165) is 5.69 Å². The minimum absolute atomic E-state index is 0.561. The SMILES string of the molecule is CO[n+]1ccccc1/C=C/C(C)C. The summed E-state index contributed by atoms with van der Waals surface area (Å²) in [5.74, 6) is 0.561. The number of hydrogen-bond acceptors (Lipinski definition) is 1. The minimum Gasteiger partial charge on any atom is -0.274 e. The Morgan fingerprint density at radius 2 is 2.15 bits per heavy atom. The van der Waals surface area contributed by atoms with Gasteiger partial charge >= 0.3 is 0 Å². The molecule has 1 aromatic rings. The van der Waals surface area contributed by atoms with E-state index < -0.39 is 0 Å². The van der Waals surface area contributed by atoms with Gasteiger partial charge in [-0.1, -0.05) is 19.9 Å². The molecule has 0 fully saturated rings. The zero-order valence-corrected chi connectivity index (χ0v) is 8.40. The van der Waals surface area contributed by atoms with Gasteiger partial charge in [-0.15, -0.1) is 0 Å². The summed E-state index contributed by atoms with van der Waals surface area (Å²) in [6, 6.07) is 5.95. The molecule has 0 saturated heterocycles. The number of aromatic nitrogens is 1. The average Bonchev–Trinajstić information content (AvgIpc) is 2.15. The molecule has 0 radical (unpaired) electrons. The zero-order valence-electron chi connectivity index (χ0n) is 8.40. The number of rotatable bonds is 3. The fourth-order valence-corrected chi connectivity index (χ4v) is 1.03. The van der Waals surface area contributed by atoms with Gasteiger partial charge in [0.05, 0.1) is 0 Å². The van der Waals surface area contributed by atoms with Crippen LogP contribution in [0.5, 0.6) is 0 Å². The third kappa shape index (κ3) is 2.90. The first-order valence-electron chi connectivity index (χ1n) is 4.47. The Balaban J connectivity index is 2.87. The second-order valence-corrected chi connectivity index (χ2v) is 3.24. The second-order valence-electron chi connectivity index (χ2n) is 3.24. The lowest BCUT2D eigenvalue weighted by Crippen LogP contribution is -2.42. The molecule has 1 rings (SSSR count). The van der Waals surface area contributed by atoms with Crippen molar-refractivity contribution in [3.63, 3.8) is 0 Å². The second kappa shape index (κ2) is 4.65. The molecule has 0 aliphatic rings. The highest BCUT2D eigenvalue weighted by Gasteiger charge is 2.04. The molecule has 0 saturated carbocycles. The van der Waals surface area contributed by atoms with E-state index in [1.807, 2.05) is 24.4 Å². The highest BCUT2D eigenvalue weighted by molar-refractivity contribution is 5.40. The van der Waals surface area contributed by atoms with Crippen molar-refractivity contribution in [1.29, 1.82) is 0 Å². The standard InChI is InChI=1S/C11H16NO/c1-10(2)7-8-11-6-4-5-9-12(11)13-3/h4-10H,1-3H3/q+1/b8-7+. The molecule has 0 atom stereocenters. The van der Waals surface area contributed by atoms with E-state index in [4.69, 9.17) is 4.84 Å². The highest BCUT2D eigenvalue weighted by atomic mass is 16.6. The van der Waals surface area contributed by atoms with Crippen molar-refractivity contribution in [2.24, 2.45) is 5.92 Å². The molecule has 0 N–H and O–H groups in total. The van der Waals surface area contributed by atoms with Crippen LogP contribution in [0.2, 0.25) is 0 Å². The predicted molar refractivity (Wildman–Crippen MR) is 53.0 cm³/mol. The van der Waals surface area contributed by atoms with Gasteiger partial charge in [0.1, 0.15) is 7.11 Å². The van der Waals surface area contributed by atoms with Gasteiger partial charge in [-0.3, -0.25) is 4.84 Å². The van der Waals surface area contributed by atoms with Crippen molar-refractivity contribution in [2.45, 2.75) is 13.8 Å². The predicted octanol–water partition coefficient (Wildman–Crippen LogP) is 1.70. The molecular formula is C11H16NO+. The zero-order chi connectivity index (χ0) is 9.68. The maximum Gasteiger partial charge on any atom is 0.257 e. The summed E-state index contributed by atoms with van der Waals surface area (Å²) in [6.07, 6.45) is 6.10. The third-order valence-corrected chi connectivity index (χ3v) is 1.70. The molecule has 13 heavy (non-hydrogen) atoms. The first-order valence-corrected chi connectivity index (χ1v) is 4.47. The molecule has 2 heteroatoms. The van der Waals surface area contributed by atoms with Crippen molar-refractivity contribution in [2.75, 3.05) is 7.11 Å². The highest BCUT2D eigenvalue weighted by Crippen LogP contribution is 1.99. The van der Waals surface area contributed by atoms with Crippen LogP contribution >= 0.6 is 0 Å². The van der Waals surface area contributed by atoms with Gasteiger partial charge in [0.15, 0.2) is 0 Å². The Bertz CT molecular complexity index is 292. The van der Waals surface area contributed by atoms with E-state index in [9.17, 15) is 0 Å². The Morgan fingerprint density at radius 3 is 2.77 bits per heavy atom. The first-order chi connectivity index (χ1) is 6.24. The van der Waals surface area contributed by atoms with Crippen molar-refractivity contribution in [1.82, 2.24) is 0 Å². The van der Waals surface area contributed by atoms with E-state index >= 15 is 0 Å². The summed E-state index contributed by atoms with van der Waals surface area (Å²) >= 11 is 0. The molecule has 0 aliphatic carbocycles. The number of allylic oxidation sites excluding steroid dienone is 1. The lowest BCUT2D eigenvalue weighted by atomic mass is 10.2. The molecule has 0 spiro atoms. The fourth-order valence-electron chi connectivity index (χ4n) is 1.03. The summed E-state index contributed by atoms with van der Waals surface area (Å²) in [5.41, 5.74) is 1.05. The number of hydrogen-bond donors (Lipinski definition) is 0. The van der Waals surface area contributed by atoms with E-state index in [0.29, 0.717) is 5.92 Å². The third-order valence-electron chi connectivity index (χ3n) is 1.70. The van der Waals surface area contributed by atoms with Crippen LogP contribution < -0.4 is 9.57 Å². The fraction of sp³-hybridized carbons (Fsp3) is 0.364. The van der Waals surface area contributed by atoms with Crippen molar-refractivity contribution in [3.05, 3.63) is 36.2 Å². The molecule has 0 amide bonds. The van der Waals surface area contributed by atoms with Crippen LogP contribution in [0.25, 0.3) is 6.08 Å². The van der Waals surface area contributed by atoms with E-state index in [-0.39, 0.29) is 0 Å². The first kappa shape index (κ1) is 9.78. The maximum absolute atomic E-state index is 5.14. The van der Waals surface area contributed by atoms with Crippen LogP contribution in [0.1, 0.15) is 19.5 Å². The average molecular weight is 178 g/mol. The summed E-state index contributed by atoms with van der Waals surface area (Å²) in [7, 11) is 1.66. The Morgan fingerprint density at radius 1 is 1.38 bits per heavy atom. The van der Waals surface area contributed by atoms with E-state index in [1.165, 1.54) is 0 Å². The Labute approximate surface area is 79.4 Å². The van der Waals surface area contributed by atoms with E-state index in [1.54, 1.807) is 11.8 Å². The quantitative estimate of drug-likeness (QED) is 0.642. The Kier molecular flexibility index (Phi) is 3.50. The molecule has 0 aliphatic heterocycles. The van der Waals surface area contributed by atoms with E-state index in [2.05, 4.69) is 26.0 Å². The van der Waals surface area contributed by atoms with Crippen molar-refractivity contribution < 1.29 is 9.57 Å². The lowest BCUT2D eigenvalue weighted by Gasteiger charge is -1.95. The topological polar surface area (TPSA) is 13.1 Å². The monoisotopic (exact) mass is 178 g/mol. The minimum atomic E-state index is 0.561. The van der Waals surface area contributed by atoms with Crippen LogP contribution in [-0.4, -0.2) is 7.11 Å². The van der Waals surface area contributed by atoms with Crippen molar-refractivity contribution in [3.8, 4) is 0 Å². The molecule has 2 nitrogen and oxygen atoms in total. The van der Waals surface area contributed by atoms with Gasteiger partial charge in [-0.2, -0.15) is 0 Å². The summed E-state index contributed by atoms with van der Waals surface area (Å²) < 4.78 is 1.74. The molecule has 70 valence electrons. The molecule has 0 bridgehead atoms. The maximum atomic E-state index is 5.14. The van der Waals surface area contributed by atoms with Crippen LogP contribution in [0.15, 0.2) is 30.5 Å². The van der Waals surface area contributed by atoms with Gasteiger partial charge < -0.3 is 0 Å². The normalized spacial score (nSPS) is 11.1. The van der Waals surface area contributed by atoms with Gasteiger partial charge in [0.25, 0.3) is 5.69 Å². The van der Waals surface area contributed by atoms with Crippen LogP contribution in [-0.2, 0) is 0 Å². The number of pyridine rings is 1. The number of nitrogens with zero attached hydrogens (tertiary/aromatic N) is 1. The van der Waals surface area contributed by atoms with Gasteiger partial charge in [-0.25, -0.2) is 0 Å². The molecule has 0 unspecified atom stereocenters. The molecule has 1 heterocycles. The van der Waals surface area contributed by atoms with Crippen LogP contribution in [0.3, 0.4) is 0 Å². The molecule has 0 aromatic carbocycles. The van der Waals surface area contributed by atoms with Gasteiger partial charge in [-0.05, 0) is 12.0 Å². The molecule has 1 aromatic heterocycles. The van der Waals surface area contributed by atoms with Gasteiger partial charge in [0, 0.05) is 22.9 Å². The smallest absolute Gasteiger partial charge is 0.257 e. The largest absolute Gasteiger partial charge is 0.274 e. The summed E-state index contributed by atoms with van der Waals surface area (Å²) in [5, 5.41) is 0. The van der Waals surface area contributed by atoms with Crippen LogP contribution in [0, 0.1) is 5.92 Å². The summed E-state index contributed by atoms with van der Waals surface area (Å²) in [6.45, 7) is 4.30. The Hall–Kier alpha value is -1.31. The molecular weight excluding hydrogens is 162 g/mol. The summed E-state index contributed by atoms with van der Waals surface area (Å²) in [4.78, 5) is 5.14. The lowest BCUT2D eigenvalue weighted by molar-refractivity contribution is -0.886. The van der Waals surface area contributed by atoms with Gasteiger partial charge in [0.2, 0.25) is 6.20 Å². The van der Waals surface area contributed by atoms with Crippen molar-refractivity contribution >= 4 is 6.08 Å². The van der Waals surface area contributed by atoms with Crippen LogP contribution in [0.4, 0.5) is 0 Å².